The number of carboxylic acids is 1. The number of carboxylic acid groups (broad SMARTS) is 1. The lowest BCUT2D eigenvalue weighted by atomic mass is 9.88. The van der Waals surface area contributed by atoms with Crippen molar-refractivity contribution in [3.05, 3.63) is 45.2 Å². The number of allylic oxidation sites excluding steroid dienone is 1. The number of hydrogen-bond donors (Lipinski definition) is 1. The van der Waals surface area contributed by atoms with Crippen LogP contribution in [0.1, 0.15) is 19.4 Å². The van der Waals surface area contributed by atoms with E-state index in [9.17, 15) is 31.9 Å². The molecule has 1 aliphatic rings. The summed E-state index contributed by atoms with van der Waals surface area (Å²) in [7, 11) is 0. The fourth-order valence-corrected chi connectivity index (χ4v) is 3.53. The molecule has 0 aliphatic heterocycles. The zero-order valence-electron chi connectivity index (χ0n) is 12.4. The first kappa shape index (κ1) is 19.0. The fraction of sp³-hybridized carbons (Fsp3) is 0.400. The van der Waals surface area contributed by atoms with Gasteiger partial charge in [0.1, 0.15) is 4.49 Å². The zero-order chi connectivity index (χ0) is 18.6. The monoisotopic (exact) mass is 388 g/mol. The SMILES string of the molecule is CC1(C)[C@H](C=C(Cl)Cl)[C@@]1(Cc1c(F)c(F)c(F)c(F)c1F)C(=O)O. The number of benzene rings is 1. The van der Waals surface area contributed by atoms with Crippen LogP contribution in [0.4, 0.5) is 22.0 Å². The molecular formula is C15H11Cl2F5O2. The summed E-state index contributed by atoms with van der Waals surface area (Å²) in [5.41, 5.74) is -4.04. The van der Waals surface area contributed by atoms with Crippen LogP contribution in [-0.2, 0) is 11.2 Å². The fourth-order valence-electron chi connectivity index (χ4n) is 3.28. The molecule has 24 heavy (non-hydrogen) atoms. The molecule has 0 unspecified atom stereocenters. The second-order valence-corrected chi connectivity index (χ2v) is 7.17. The van der Waals surface area contributed by atoms with Crippen molar-refractivity contribution in [2.24, 2.45) is 16.7 Å². The molecule has 1 fully saturated rings. The molecule has 0 bridgehead atoms. The lowest BCUT2D eigenvalue weighted by molar-refractivity contribution is -0.145. The Morgan fingerprint density at radius 1 is 1.04 bits per heavy atom. The summed E-state index contributed by atoms with van der Waals surface area (Å²) in [5.74, 6) is -12.9. The summed E-state index contributed by atoms with van der Waals surface area (Å²) in [6.45, 7) is 2.95. The Balaban J connectivity index is 2.61. The Labute approximate surface area is 143 Å². The second-order valence-electron chi connectivity index (χ2n) is 6.16. The molecule has 0 radical (unpaired) electrons. The van der Waals surface area contributed by atoms with Crippen molar-refractivity contribution in [1.29, 1.82) is 0 Å². The quantitative estimate of drug-likeness (QED) is 0.449. The van der Waals surface area contributed by atoms with Crippen LogP contribution in [0.15, 0.2) is 10.6 Å². The first-order valence-electron chi connectivity index (χ1n) is 6.66. The van der Waals surface area contributed by atoms with Gasteiger partial charge in [0.25, 0.3) is 0 Å². The van der Waals surface area contributed by atoms with Crippen molar-refractivity contribution in [2.45, 2.75) is 20.3 Å². The van der Waals surface area contributed by atoms with Gasteiger partial charge in [-0.1, -0.05) is 37.0 Å². The smallest absolute Gasteiger partial charge is 0.311 e. The second kappa shape index (κ2) is 5.88. The van der Waals surface area contributed by atoms with Gasteiger partial charge >= 0.3 is 5.97 Å². The number of rotatable bonds is 4. The third kappa shape index (κ3) is 2.49. The molecular weight excluding hydrogens is 378 g/mol. The summed E-state index contributed by atoms with van der Waals surface area (Å²) in [4.78, 5) is 11.7. The number of carbonyl (C=O) groups is 1. The highest BCUT2D eigenvalue weighted by atomic mass is 35.5. The number of aliphatic carboxylic acids is 1. The van der Waals surface area contributed by atoms with E-state index in [4.69, 9.17) is 23.2 Å². The van der Waals surface area contributed by atoms with Crippen LogP contribution in [0.3, 0.4) is 0 Å². The highest BCUT2D eigenvalue weighted by Crippen LogP contribution is 2.71. The maximum absolute atomic E-state index is 13.9. The molecule has 132 valence electrons. The van der Waals surface area contributed by atoms with Crippen LogP contribution < -0.4 is 0 Å². The van der Waals surface area contributed by atoms with Crippen molar-refractivity contribution in [3.8, 4) is 0 Å². The molecule has 1 aromatic carbocycles. The third-order valence-corrected chi connectivity index (χ3v) is 5.06. The zero-order valence-corrected chi connectivity index (χ0v) is 13.9. The van der Waals surface area contributed by atoms with E-state index in [2.05, 4.69) is 0 Å². The Kier molecular flexibility index (Phi) is 4.65. The maximum Gasteiger partial charge on any atom is 0.311 e. The molecule has 9 heteroatoms. The Hall–Kier alpha value is -1.34. The van der Waals surface area contributed by atoms with E-state index in [0.717, 1.165) is 0 Å². The van der Waals surface area contributed by atoms with Crippen molar-refractivity contribution < 1.29 is 31.9 Å². The molecule has 1 aliphatic carbocycles. The van der Waals surface area contributed by atoms with Gasteiger partial charge in [0, 0.05) is 11.5 Å². The van der Waals surface area contributed by atoms with Gasteiger partial charge in [-0.3, -0.25) is 4.79 Å². The van der Waals surface area contributed by atoms with Gasteiger partial charge in [-0.15, -0.1) is 0 Å². The molecule has 2 atom stereocenters. The average molecular weight is 389 g/mol. The molecule has 1 N–H and O–H groups in total. The van der Waals surface area contributed by atoms with Crippen molar-refractivity contribution in [3.63, 3.8) is 0 Å². The predicted octanol–water partition coefficient (Wildman–Crippen LogP) is 4.97. The van der Waals surface area contributed by atoms with Crippen LogP contribution in [0.2, 0.25) is 0 Å². The van der Waals surface area contributed by atoms with Crippen LogP contribution in [0.25, 0.3) is 0 Å². The highest BCUT2D eigenvalue weighted by molar-refractivity contribution is 6.55. The lowest BCUT2D eigenvalue weighted by Gasteiger charge is -2.17. The molecule has 2 nitrogen and oxygen atoms in total. The molecule has 0 amide bonds. The van der Waals surface area contributed by atoms with E-state index < -0.39 is 63.8 Å². The van der Waals surface area contributed by atoms with Gasteiger partial charge in [-0.25, -0.2) is 22.0 Å². The molecule has 0 aromatic heterocycles. The first-order chi connectivity index (χ1) is 10.9. The number of halogens is 7. The summed E-state index contributed by atoms with van der Waals surface area (Å²) >= 11 is 11.0. The topological polar surface area (TPSA) is 37.3 Å². The Morgan fingerprint density at radius 2 is 1.46 bits per heavy atom. The van der Waals surface area contributed by atoms with Crippen molar-refractivity contribution in [2.75, 3.05) is 0 Å². The standard InChI is InChI=1S/C15H11Cl2F5O2/c1-14(2)6(3-7(16)17)15(14,13(23)24)4-5-8(18)10(20)12(22)11(21)9(5)19/h3,6H,4H2,1-2H3,(H,23,24)/t6-,15-/m0/s1. The van der Waals surface area contributed by atoms with Gasteiger partial charge in [-0.05, 0) is 17.9 Å². The minimum Gasteiger partial charge on any atom is -0.481 e. The summed E-state index contributed by atoms with van der Waals surface area (Å²) in [5, 5.41) is 9.54. The van der Waals surface area contributed by atoms with E-state index in [1.165, 1.54) is 19.9 Å². The van der Waals surface area contributed by atoms with Crippen LogP contribution in [-0.4, -0.2) is 11.1 Å². The largest absolute Gasteiger partial charge is 0.481 e. The van der Waals surface area contributed by atoms with E-state index in [0.29, 0.717) is 0 Å². The first-order valence-corrected chi connectivity index (χ1v) is 7.41. The van der Waals surface area contributed by atoms with E-state index in [1.54, 1.807) is 0 Å². The summed E-state index contributed by atoms with van der Waals surface area (Å²) in [6, 6.07) is 0. The van der Waals surface area contributed by atoms with Gasteiger partial charge in [0.05, 0.1) is 5.41 Å². The van der Waals surface area contributed by atoms with Gasteiger partial charge in [0.15, 0.2) is 23.3 Å². The van der Waals surface area contributed by atoms with Gasteiger partial charge < -0.3 is 5.11 Å². The molecule has 2 rings (SSSR count). The lowest BCUT2D eigenvalue weighted by Crippen LogP contribution is -2.26. The summed E-state index contributed by atoms with van der Waals surface area (Å²) < 4.78 is 67.3. The molecule has 1 saturated carbocycles. The molecule has 1 aromatic rings. The normalized spacial score (nSPS) is 24.6. The van der Waals surface area contributed by atoms with Crippen LogP contribution in [0.5, 0.6) is 0 Å². The Morgan fingerprint density at radius 3 is 1.83 bits per heavy atom. The van der Waals surface area contributed by atoms with Crippen LogP contribution in [0, 0.1) is 45.8 Å². The van der Waals surface area contributed by atoms with Gasteiger partial charge in [0.2, 0.25) is 5.82 Å². The molecule has 0 saturated heterocycles. The summed E-state index contributed by atoms with van der Waals surface area (Å²) in [6.07, 6.45) is 0.284. The van der Waals surface area contributed by atoms with Crippen molar-refractivity contribution >= 4 is 29.2 Å². The number of hydrogen-bond acceptors (Lipinski definition) is 1. The van der Waals surface area contributed by atoms with E-state index >= 15 is 0 Å². The maximum atomic E-state index is 13.9. The van der Waals surface area contributed by atoms with Gasteiger partial charge in [-0.2, -0.15) is 0 Å². The van der Waals surface area contributed by atoms with E-state index in [1.807, 2.05) is 0 Å². The van der Waals surface area contributed by atoms with E-state index in [-0.39, 0.29) is 4.49 Å². The predicted molar refractivity (Wildman–Crippen MR) is 77.1 cm³/mol. The van der Waals surface area contributed by atoms with Crippen molar-refractivity contribution in [1.82, 2.24) is 0 Å². The Bertz CT molecular complexity index is 730. The highest BCUT2D eigenvalue weighted by Gasteiger charge is 2.75. The third-order valence-electron chi connectivity index (χ3n) is 4.81. The van der Waals surface area contributed by atoms with Crippen LogP contribution >= 0.6 is 23.2 Å². The molecule has 0 spiro atoms. The minimum atomic E-state index is -2.30. The average Bonchev–Trinajstić information content (AvgIpc) is 2.94. The molecule has 0 heterocycles. The minimum absolute atomic E-state index is 0.256.